The predicted molar refractivity (Wildman–Crippen MR) is 207 cm³/mol. The van der Waals surface area contributed by atoms with E-state index in [1.807, 2.05) is 27.7 Å². The van der Waals surface area contributed by atoms with E-state index in [0.29, 0.717) is 37.9 Å². The van der Waals surface area contributed by atoms with Gasteiger partial charge < -0.3 is 30.7 Å². The van der Waals surface area contributed by atoms with Crippen LogP contribution in [-0.2, 0) is 49.0 Å². The maximum absolute atomic E-state index is 14.9. The molecule has 5 rings (SSSR count). The molecule has 7 atom stereocenters. The Morgan fingerprint density at radius 3 is 1.97 bits per heavy atom. The summed E-state index contributed by atoms with van der Waals surface area (Å²) in [5.41, 5.74) is 2.47. The van der Waals surface area contributed by atoms with Crippen molar-refractivity contribution in [1.82, 2.24) is 35.2 Å². The molecule has 58 heavy (non-hydrogen) atoms. The van der Waals surface area contributed by atoms with E-state index in [-0.39, 0.29) is 62.0 Å². The molecule has 2 saturated heterocycles. The molecule has 0 saturated carbocycles. The summed E-state index contributed by atoms with van der Waals surface area (Å²) in [4.78, 5) is 71.2. The number of ketones is 1. The molecule has 0 aliphatic carbocycles. The summed E-state index contributed by atoms with van der Waals surface area (Å²) in [7, 11) is 1.40. The minimum absolute atomic E-state index is 0.0166. The van der Waals surface area contributed by atoms with Gasteiger partial charge in [-0.05, 0) is 62.0 Å². The van der Waals surface area contributed by atoms with Crippen molar-refractivity contribution in [1.29, 1.82) is 0 Å². The number of likely N-dealkylation sites (tertiary alicyclic amines) is 2. The summed E-state index contributed by atoms with van der Waals surface area (Å²) >= 11 is 0. The summed E-state index contributed by atoms with van der Waals surface area (Å²) < 4.78 is 72.2. The first-order valence-corrected chi connectivity index (χ1v) is 20.6. The van der Waals surface area contributed by atoms with E-state index in [1.54, 1.807) is 13.8 Å². The molecule has 19 heteroatoms. The number of hydrogen-bond acceptors (Lipinski definition) is 8. The number of Topliss-reactive ketones (excluding diaryl/α,β-unsaturated/α-hetero) is 1. The van der Waals surface area contributed by atoms with Crippen LogP contribution in [0.3, 0.4) is 0 Å². The van der Waals surface area contributed by atoms with Crippen molar-refractivity contribution in [3.05, 3.63) is 46.8 Å². The molecule has 2 aromatic rings. The van der Waals surface area contributed by atoms with Gasteiger partial charge in [0, 0.05) is 50.5 Å². The number of fused-ring (bicyclic) bond motifs is 1. The average Bonchev–Trinajstić information content (AvgIpc) is 3.95. The maximum Gasteiger partial charge on any atom is 0.317 e. The topological polar surface area (TPSA) is 173 Å². The fourth-order valence-electron chi connectivity index (χ4n) is 7.74. The summed E-state index contributed by atoms with van der Waals surface area (Å²) in [6.45, 7) is 11.6. The standard InChI is InChI=1S/C37H50F5N8O5P.C2H6/c1-18(2)30(43)34(54)48-10-5-8-27(48)33(53)45-31(19(3)4)35(55)49-11-6-7-26(49)32(52)44-22(13-21-14-24(39)25(40)17-23(21)38)16-28(51)20-9-12-50-29(15-20)46-47-36(50)37(41,42)56;1-2/h14,17-20,22,26-27,30-31H,5-13,15-16,43,56H2,1-4H3,(H,44,52)(H,45,53);1-2H3. The molecule has 4 heterocycles. The number of nitrogens with zero attached hydrogens (tertiary/aromatic N) is 5. The first-order chi connectivity index (χ1) is 27.3. The second kappa shape index (κ2) is 19.8. The molecule has 1 aromatic heterocycles. The quantitative estimate of drug-likeness (QED) is 0.146. The van der Waals surface area contributed by atoms with Gasteiger partial charge in [-0.15, -0.1) is 10.2 Å². The highest BCUT2D eigenvalue weighted by Gasteiger charge is 2.43. The van der Waals surface area contributed by atoms with Crippen molar-refractivity contribution < 1.29 is 45.9 Å². The van der Waals surface area contributed by atoms with Gasteiger partial charge in [0.25, 0.3) is 0 Å². The average molecular weight is 843 g/mol. The van der Waals surface area contributed by atoms with Crippen LogP contribution >= 0.6 is 9.24 Å². The molecule has 3 aliphatic rings. The first-order valence-electron chi connectivity index (χ1n) is 20.0. The zero-order valence-corrected chi connectivity index (χ0v) is 35.0. The van der Waals surface area contributed by atoms with Crippen LogP contribution < -0.4 is 16.4 Å². The van der Waals surface area contributed by atoms with Gasteiger partial charge in [-0.3, -0.25) is 24.0 Å². The van der Waals surface area contributed by atoms with E-state index in [1.165, 1.54) is 23.6 Å². The highest BCUT2D eigenvalue weighted by molar-refractivity contribution is 7.17. The summed E-state index contributed by atoms with van der Waals surface area (Å²) in [5, 5.41) is 13.0. The van der Waals surface area contributed by atoms with Crippen molar-refractivity contribution in [2.45, 2.75) is 135 Å². The van der Waals surface area contributed by atoms with E-state index >= 15 is 0 Å². The molecule has 4 amide bonds. The third-order valence-corrected chi connectivity index (χ3v) is 11.2. The van der Waals surface area contributed by atoms with Crippen molar-refractivity contribution >= 4 is 38.7 Å². The van der Waals surface area contributed by atoms with E-state index in [9.17, 15) is 45.9 Å². The van der Waals surface area contributed by atoms with E-state index in [4.69, 9.17) is 5.73 Å². The summed E-state index contributed by atoms with van der Waals surface area (Å²) in [5.74, 6) is -7.93. The van der Waals surface area contributed by atoms with Crippen molar-refractivity contribution in [2.75, 3.05) is 13.1 Å². The highest BCUT2D eigenvalue weighted by Crippen LogP contribution is 2.36. The van der Waals surface area contributed by atoms with Crippen LogP contribution in [-0.4, -0.2) is 97.3 Å². The van der Waals surface area contributed by atoms with Crippen molar-refractivity contribution in [3.8, 4) is 0 Å². The highest BCUT2D eigenvalue weighted by atomic mass is 31.0. The molecule has 3 aliphatic heterocycles. The third kappa shape index (κ3) is 10.8. The molecule has 0 spiro atoms. The fourth-order valence-corrected chi connectivity index (χ4v) is 7.95. The Kier molecular flexibility index (Phi) is 15.9. The lowest BCUT2D eigenvalue weighted by molar-refractivity contribution is -0.144. The van der Waals surface area contributed by atoms with Crippen molar-refractivity contribution in [2.24, 2.45) is 23.5 Å². The Labute approximate surface area is 338 Å². The fraction of sp³-hybridized carbons (Fsp3) is 0.667. The first kappa shape index (κ1) is 46.6. The normalized spacial score (nSPS) is 20.9. The number of aromatic nitrogens is 3. The predicted octanol–water partition coefficient (Wildman–Crippen LogP) is 4.00. The van der Waals surface area contributed by atoms with E-state index < -0.39 is 101 Å². The van der Waals surface area contributed by atoms with Crippen LogP contribution in [0.1, 0.15) is 97.3 Å². The minimum Gasteiger partial charge on any atom is -0.351 e. The van der Waals surface area contributed by atoms with Gasteiger partial charge >= 0.3 is 5.66 Å². The number of carbonyl (C=O) groups is 5. The number of benzene rings is 1. The number of alkyl halides is 2. The summed E-state index contributed by atoms with van der Waals surface area (Å²) in [6.07, 6.45) is 0.997. The van der Waals surface area contributed by atoms with Gasteiger partial charge in [-0.25, -0.2) is 13.2 Å². The Bertz CT molecular complexity index is 1820. The molecular formula is C39H56F5N8O5P. The maximum atomic E-state index is 14.9. The Hall–Kier alpha value is -4.05. The van der Waals surface area contributed by atoms with Crippen LogP contribution in [0.5, 0.6) is 0 Å². The lowest BCUT2D eigenvalue weighted by Gasteiger charge is -2.33. The molecule has 1 aromatic carbocycles. The van der Waals surface area contributed by atoms with Gasteiger partial charge in [-0.2, -0.15) is 8.78 Å². The van der Waals surface area contributed by atoms with E-state index in [0.717, 1.165) is 0 Å². The van der Waals surface area contributed by atoms with Gasteiger partial charge in [0.05, 0.1) is 6.04 Å². The molecule has 7 unspecified atom stereocenters. The Morgan fingerprint density at radius 1 is 0.828 bits per heavy atom. The van der Waals surface area contributed by atoms with Crippen LogP contribution in [0.4, 0.5) is 22.0 Å². The van der Waals surface area contributed by atoms with Crippen LogP contribution in [0.25, 0.3) is 0 Å². The van der Waals surface area contributed by atoms with Gasteiger partial charge in [0.15, 0.2) is 11.6 Å². The molecule has 2 fully saturated rings. The Morgan fingerprint density at radius 2 is 1.40 bits per heavy atom. The Balaban J connectivity index is 0.00000366. The number of carbonyl (C=O) groups excluding carboxylic acids is 5. The molecular weight excluding hydrogens is 786 g/mol. The molecule has 0 bridgehead atoms. The van der Waals surface area contributed by atoms with Crippen LogP contribution in [0.2, 0.25) is 0 Å². The lowest BCUT2D eigenvalue weighted by Crippen LogP contribution is -2.59. The third-order valence-electron chi connectivity index (χ3n) is 11.0. The van der Waals surface area contributed by atoms with Gasteiger partial charge in [-0.1, -0.05) is 50.8 Å². The van der Waals surface area contributed by atoms with Crippen LogP contribution in [0, 0.1) is 35.2 Å². The second-order valence-electron chi connectivity index (χ2n) is 15.7. The van der Waals surface area contributed by atoms with Gasteiger partial charge in [0.2, 0.25) is 29.5 Å². The number of nitrogens with two attached hydrogens (primary N) is 1. The summed E-state index contributed by atoms with van der Waals surface area (Å²) in [6, 6.07) is -3.82. The largest absolute Gasteiger partial charge is 0.351 e. The zero-order chi connectivity index (χ0) is 43.2. The lowest BCUT2D eigenvalue weighted by atomic mass is 9.88. The van der Waals surface area contributed by atoms with Gasteiger partial charge in [0.1, 0.15) is 35.6 Å². The number of amides is 4. The van der Waals surface area contributed by atoms with E-state index in [2.05, 4.69) is 20.8 Å². The number of nitrogens with one attached hydrogen (secondary N) is 2. The molecule has 4 N–H and O–H groups in total. The second-order valence-corrected chi connectivity index (χ2v) is 16.4. The van der Waals surface area contributed by atoms with Crippen molar-refractivity contribution in [3.63, 3.8) is 0 Å². The van der Waals surface area contributed by atoms with Crippen LogP contribution in [0.15, 0.2) is 12.1 Å². The molecule has 322 valence electrons. The molecule has 0 radical (unpaired) electrons. The minimum atomic E-state index is -3.33. The number of rotatable bonds is 14. The smallest absolute Gasteiger partial charge is 0.317 e. The monoisotopic (exact) mass is 842 g/mol. The zero-order valence-electron chi connectivity index (χ0n) is 33.9. The SMILES string of the molecule is CC.CC(C)C(N)C(=O)N1CCCC1C(=O)NC(C(=O)N1CCCC1C(=O)NC(CC(=O)C1CCn2c(nnc2C(F)(F)P)C1)Cc1cc(F)c(F)cc1F)C(C)C. The molecule has 13 nitrogen and oxygen atoms in total. The number of hydrogen-bond donors (Lipinski definition) is 3. The number of halogens is 5.